The molecule has 0 fully saturated rings. The first-order valence-corrected chi connectivity index (χ1v) is 8.07. The summed E-state index contributed by atoms with van der Waals surface area (Å²) in [7, 11) is 0.910. The van der Waals surface area contributed by atoms with E-state index in [4.69, 9.17) is 11.6 Å². The van der Waals surface area contributed by atoms with E-state index >= 15 is 0 Å². The molecule has 0 aliphatic rings. The van der Waals surface area contributed by atoms with Crippen LogP contribution in [0, 0.1) is 6.92 Å². The fraction of sp³-hybridized carbons (Fsp3) is 0.364. The molecule has 0 spiro atoms. The van der Waals surface area contributed by atoms with Gasteiger partial charge in [-0.05, 0) is 18.5 Å². The summed E-state index contributed by atoms with van der Waals surface area (Å²) in [4.78, 5) is 7.85. The quantitative estimate of drug-likeness (QED) is 0.555. The molecular weight excluding hydrogens is 330 g/mol. The topological polar surface area (TPSA) is 113 Å². The molecule has 0 saturated heterocycles. The van der Waals surface area contributed by atoms with Crippen LogP contribution in [0.25, 0.3) is 0 Å². The van der Waals surface area contributed by atoms with Crippen molar-refractivity contribution in [1.29, 1.82) is 0 Å². The van der Waals surface area contributed by atoms with Crippen molar-refractivity contribution < 1.29 is 12.3 Å². The third-order valence-electron chi connectivity index (χ3n) is 2.62. The lowest BCUT2D eigenvalue weighted by Gasteiger charge is -2.22. The summed E-state index contributed by atoms with van der Waals surface area (Å²) >= 11 is 5.83. The minimum Gasteiger partial charge on any atom is -0.323 e. The molecule has 2 aromatic heterocycles. The van der Waals surface area contributed by atoms with Gasteiger partial charge in [0.25, 0.3) is 0 Å². The Balaban J connectivity index is 2.27. The Morgan fingerprint density at radius 3 is 2.32 bits per heavy atom. The maximum absolute atomic E-state index is 12.1. The number of halogens is 1. The van der Waals surface area contributed by atoms with E-state index in [0.29, 0.717) is 11.6 Å². The van der Waals surface area contributed by atoms with Gasteiger partial charge in [-0.3, -0.25) is 5.10 Å². The van der Waals surface area contributed by atoms with Crippen LogP contribution in [-0.2, 0) is 10.2 Å². The second-order valence-corrected chi connectivity index (χ2v) is 8.02. The van der Waals surface area contributed by atoms with Crippen LogP contribution in [-0.4, -0.2) is 53.6 Å². The molecule has 3 N–H and O–H groups in total. The van der Waals surface area contributed by atoms with Crippen LogP contribution in [0.1, 0.15) is 5.69 Å². The van der Waals surface area contributed by atoms with Gasteiger partial charge in [-0.1, -0.05) is 0 Å². The van der Waals surface area contributed by atoms with E-state index in [0.717, 1.165) is 5.69 Å². The van der Waals surface area contributed by atoms with Crippen LogP contribution < -0.4 is 10.0 Å². The van der Waals surface area contributed by atoms with E-state index in [1.807, 2.05) is 6.92 Å². The largest absolute Gasteiger partial charge is 0.394 e. The van der Waals surface area contributed by atoms with Crippen LogP contribution in [0.2, 0.25) is 5.28 Å². The summed E-state index contributed by atoms with van der Waals surface area (Å²) in [5.41, 5.74) is 0.869. The first kappa shape index (κ1) is 16.5. The molecule has 0 amide bonds. The molecule has 0 aliphatic carbocycles. The number of aromatic nitrogens is 4. The summed E-state index contributed by atoms with van der Waals surface area (Å²) in [6, 6.07) is 3.20. The number of H-pyrrole nitrogens is 1. The summed E-state index contributed by atoms with van der Waals surface area (Å²) in [6.07, 6.45) is 0. The molecule has 22 heavy (non-hydrogen) atoms. The molecule has 0 radical (unpaired) electrons. The van der Waals surface area contributed by atoms with Crippen LogP contribution in [0.5, 0.6) is 0 Å². The van der Waals surface area contributed by atoms with E-state index in [2.05, 4.69) is 30.2 Å². The Bertz CT molecular complexity index is 782. The molecule has 2 heterocycles. The number of aryl methyl sites for hydroxylation is 1. The van der Waals surface area contributed by atoms with Crippen molar-refractivity contribution in [2.75, 3.05) is 31.2 Å². The Morgan fingerprint density at radius 1 is 1.14 bits per heavy atom. The molecule has 0 bridgehead atoms. The maximum atomic E-state index is 12.1. The standard InChI is InChI=1S/C11H17ClN7O2S/c1-7-5-9(17-16-7)13-8-6-10(15-11(12)14-8)18-22(20,21)19(2,3)4/h5-6H,1-4H3,(H3,13,14,15,16,17,18)/q+1. The highest BCUT2D eigenvalue weighted by Crippen LogP contribution is 2.20. The van der Waals surface area contributed by atoms with Crippen molar-refractivity contribution in [3.63, 3.8) is 0 Å². The third kappa shape index (κ3) is 3.84. The van der Waals surface area contributed by atoms with Gasteiger partial charge in [0, 0.05) is 17.8 Å². The monoisotopic (exact) mass is 346 g/mol. The number of aromatic amines is 1. The van der Waals surface area contributed by atoms with Crippen LogP contribution in [0.15, 0.2) is 12.1 Å². The summed E-state index contributed by atoms with van der Waals surface area (Å²) in [5, 5.41) is 9.60. The first-order chi connectivity index (χ1) is 10.1. The van der Waals surface area contributed by atoms with E-state index in [1.165, 1.54) is 27.2 Å². The zero-order valence-corrected chi connectivity index (χ0v) is 14.1. The van der Waals surface area contributed by atoms with Crippen molar-refractivity contribution in [2.24, 2.45) is 0 Å². The zero-order valence-electron chi connectivity index (χ0n) is 12.5. The summed E-state index contributed by atoms with van der Waals surface area (Å²) in [6.45, 7) is 1.85. The van der Waals surface area contributed by atoms with Gasteiger partial charge in [-0.2, -0.15) is 18.5 Å². The van der Waals surface area contributed by atoms with Crippen molar-refractivity contribution in [3.05, 3.63) is 23.1 Å². The molecule has 2 aromatic rings. The van der Waals surface area contributed by atoms with Gasteiger partial charge in [0.2, 0.25) is 5.28 Å². The van der Waals surface area contributed by atoms with Gasteiger partial charge in [-0.15, -0.1) is 0 Å². The molecule has 120 valence electrons. The van der Waals surface area contributed by atoms with Gasteiger partial charge < -0.3 is 5.32 Å². The van der Waals surface area contributed by atoms with Crippen molar-refractivity contribution in [3.8, 4) is 0 Å². The second-order valence-electron chi connectivity index (χ2n) is 5.44. The van der Waals surface area contributed by atoms with Crippen molar-refractivity contribution in [2.45, 2.75) is 6.92 Å². The Labute approximate surface area is 133 Å². The number of anilines is 3. The van der Waals surface area contributed by atoms with E-state index in [1.54, 1.807) is 6.07 Å². The summed E-state index contributed by atoms with van der Waals surface area (Å²) < 4.78 is 26.3. The predicted molar refractivity (Wildman–Crippen MR) is 84.2 cm³/mol. The highest BCUT2D eigenvalue weighted by atomic mass is 35.5. The Morgan fingerprint density at radius 2 is 1.77 bits per heavy atom. The number of hydrogen-bond acceptors (Lipinski definition) is 6. The van der Waals surface area contributed by atoms with Gasteiger partial charge in [0.1, 0.15) is 5.82 Å². The van der Waals surface area contributed by atoms with Gasteiger partial charge >= 0.3 is 10.2 Å². The number of rotatable bonds is 5. The SMILES string of the molecule is Cc1cc(Nc2cc(NS(=O)(=O)[N+](C)(C)C)nc(Cl)n2)n[nH]1. The minimum absolute atomic E-state index is 0.0720. The summed E-state index contributed by atoms with van der Waals surface area (Å²) in [5.74, 6) is 0.932. The lowest BCUT2D eigenvalue weighted by molar-refractivity contribution is -0.738. The van der Waals surface area contributed by atoms with E-state index in [-0.39, 0.29) is 15.0 Å². The highest BCUT2D eigenvalue weighted by Gasteiger charge is 2.28. The van der Waals surface area contributed by atoms with Gasteiger partial charge in [0.05, 0.1) is 21.1 Å². The fourth-order valence-corrected chi connectivity index (χ4v) is 2.24. The number of nitrogens with one attached hydrogen (secondary N) is 3. The van der Waals surface area contributed by atoms with Crippen LogP contribution in [0.4, 0.5) is 17.5 Å². The normalized spacial score (nSPS) is 12.2. The number of hydrogen-bond donors (Lipinski definition) is 3. The smallest absolute Gasteiger partial charge is 0.323 e. The lowest BCUT2D eigenvalue weighted by atomic mass is 10.4. The molecule has 9 nitrogen and oxygen atoms in total. The molecule has 11 heteroatoms. The zero-order chi connectivity index (χ0) is 16.5. The first-order valence-electron chi connectivity index (χ1n) is 6.25. The molecule has 0 aromatic carbocycles. The molecule has 0 atom stereocenters. The minimum atomic E-state index is -3.66. The van der Waals surface area contributed by atoms with Crippen LogP contribution in [0.3, 0.4) is 0 Å². The average Bonchev–Trinajstić information content (AvgIpc) is 2.71. The molecule has 0 unspecified atom stereocenters. The lowest BCUT2D eigenvalue weighted by Crippen LogP contribution is -2.45. The van der Waals surface area contributed by atoms with Crippen molar-refractivity contribution in [1.82, 2.24) is 20.2 Å². The number of quaternary nitrogens is 1. The highest BCUT2D eigenvalue weighted by molar-refractivity contribution is 7.87. The van der Waals surface area contributed by atoms with Gasteiger partial charge in [-0.25, -0.2) is 13.6 Å². The molecule has 2 rings (SSSR count). The predicted octanol–water partition coefficient (Wildman–Crippen LogP) is 1.27. The molecule has 0 saturated carbocycles. The second kappa shape index (κ2) is 5.71. The van der Waals surface area contributed by atoms with E-state index in [9.17, 15) is 8.42 Å². The Hall–Kier alpha value is -1.91. The van der Waals surface area contributed by atoms with Crippen LogP contribution >= 0.6 is 11.6 Å². The van der Waals surface area contributed by atoms with Crippen molar-refractivity contribution >= 4 is 39.3 Å². The Kier molecular flexibility index (Phi) is 4.27. The average molecular weight is 347 g/mol. The molecular formula is C11H17ClN7O2S+. The number of nitrogens with zero attached hydrogens (tertiary/aromatic N) is 4. The van der Waals surface area contributed by atoms with E-state index < -0.39 is 10.2 Å². The van der Waals surface area contributed by atoms with Gasteiger partial charge in [0.15, 0.2) is 11.6 Å². The third-order valence-corrected chi connectivity index (χ3v) is 4.69. The molecule has 0 aliphatic heterocycles. The maximum Gasteiger partial charge on any atom is 0.394 e. The fourth-order valence-electron chi connectivity index (χ4n) is 1.42.